The average Bonchev–Trinajstić information content (AvgIpc) is 2.37. The molecule has 0 bridgehead atoms. The van der Waals surface area contributed by atoms with Crippen molar-refractivity contribution in [2.24, 2.45) is 0 Å². The van der Waals surface area contributed by atoms with Gasteiger partial charge in [0.1, 0.15) is 17.6 Å². The van der Waals surface area contributed by atoms with E-state index >= 15 is 0 Å². The van der Waals surface area contributed by atoms with E-state index in [1.165, 1.54) is 0 Å². The lowest BCUT2D eigenvalue weighted by atomic mass is 10.2. The molecule has 1 aromatic carbocycles. The van der Waals surface area contributed by atoms with Gasteiger partial charge in [-0.15, -0.1) is 0 Å². The molecule has 5 heteroatoms. The highest BCUT2D eigenvalue weighted by molar-refractivity contribution is 5.82. The summed E-state index contributed by atoms with van der Waals surface area (Å²) in [5, 5.41) is 12.6. The van der Waals surface area contributed by atoms with E-state index < -0.39 is 12.0 Å². The highest BCUT2D eigenvalue weighted by Gasteiger charge is 2.10. The van der Waals surface area contributed by atoms with Crippen LogP contribution in [0.25, 0.3) is 10.9 Å². The largest absolute Gasteiger partial charge is 0.497 e. The predicted octanol–water partition coefficient (Wildman–Crippen LogP) is 2.13. The van der Waals surface area contributed by atoms with Crippen molar-refractivity contribution in [2.45, 2.75) is 13.0 Å². The summed E-state index contributed by atoms with van der Waals surface area (Å²) in [6.45, 7) is 1.57. The van der Waals surface area contributed by atoms with E-state index in [9.17, 15) is 4.79 Å². The molecule has 2 N–H and O–H groups in total. The number of benzene rings is 1. The number of fused-ring (bicyclic) bond motifs is 1. The van der Waals surface area contributed by atoms with Crippen LogP contribution in [0.4, 0.5) is 5.82 Å². The van der Waals surface area contributed by atoms with E-state index in [2.05, 4.69) is 10.3 Å². The number of aliphatic carboxylic acids is 1. The van der Waals surface area contributed by atoms with Crippen molar-refractivity contribution in [3.63, 3.8) is 0 Å². The number of nitrogens with one attached hydrogen (secondary N) is 1. The molecule has 1 heterocycles. The molecule has 18 heavy (non-hydrogen) atoms. The zero-order valence-corrected chi connectivity index (χ0v) is 10.2. The van der Waals surface area contributed by atoms with Crippen LogP contribution in [0.15, 0.2) is 30.3 Å². The van der Waals surface area contributed by atoms with Gasteiger partial charge < -0.3 is 15.2 Å². The summed E-state index contributed by atoms with van der Waals surface area (Å²) in [6, 6.07) is 8.49. The molecule has 2 rings (SSSR count). The number of pyridine rings is 1. The Bertz CT molecular complexity index is 583. The van der Waals surface area contributed by atoms with Gasteiger partial charge >= 0.3 is 5.97 Å². The minimum absolute atomic E-state index is 0.544. The third kappa shape index (κ3) is 2.51. The molecule has 0 aliphatic rings. The van der Waals surface area contributed by atoms with E-state index in [4.69, 9.17) is 9.84 Å². The monoisotopic (exact) mass is 246 g/mol. The second-order valence-electron chi connectivity index (χ2n) is 3.96. The number of carboxylic acids is 1. The molecule has 0 saturated heterocycles. The number of methoxy groups -OCH3 is 1. The van der Waals surface area contributed by atoms with Gasteiger partial charge in [-0.3, -0.25) is 4.79 Å². The van der Waals surface area contributed by atoms with Gasteiger partial charge in [-0.1, -0.05) is 0 Å². The van der Waals surface area contributed by atoms with Gasteiger partial charge in [0.2, 0.25) is 0 Å². The van der Waals surface area contributed by atoms with Crippen LogP contribution in [0.3, 0.4) is 0 Å². The first-order chi connectivity index (χ1) is 8.60. The van der Waals surface area contributed by atoms with E-state index in [-0.39, 0.29) is 0 Å². The van der Waals surface area contributed by atoms with Crippen LogP contribution in [0, 0.1) is 0 Å². The first-order valence-corrected chi connectivity index (χ1v) is 5.54. The Hall–Kier alpha value is -2.30. The Morgan fingerprint density at radius 1 is 1.39 bits per heavy atom. The molecular formula is C13H14N2O3. The molecule has 0 unspecified atom stereocenters. The summed E-state index contributed by atoms with van der Waals surface area (Å²) in [5.41, 5.74) is 0.790. The summed E-state index contributed by atoms with van der Waals surface area (Å²) in [4.78, 5) is 15.1. The molecule has 0 spiro atoms. The first kappa shape index (κ1) is 12.2. The maximum atomic E-state index is 10.7. The minimum atomic E-state index is -0.911. The maximum Gasteiger partial charge on any atom is 0.325 e. The Morgan fingerprint density at radius 2 is 2.17 bits per heavy atom. The number of rotatable bonds is 4. The van der Waals surface area contributed by atoms with Gasteiger partial charge in [-0.05, 0) is 37.3 Å². The van der Waals surface area contributed by atoms with Crippen molar-refractivity contribution < 1.29 is 14.6 Å². The van der Waals surface area contributed by atoms with Crippen LogP contribution in [0.1, 0.15) is 6.92 Å². The number of carboxylic acid groups (broad SMARTS) is 1. The lowest BCUT2D eigenvalue weighted by Gasteiger charge is -2.10. The zero-order valence-electron chi connectivity index (χ0n) is 10.2. The third-order valence-electron chi connectivity index (χ3n) is 2.63. The topological polar surface area (TPSA) is 71.5 Å². The predicted molar refractivity (Wildman–Crippen MR) is 69.0 cm³/mol. The number of hydrogen-bond acceptors (Lipinski definition) is 4. The number of carbonyl (C=O) groups is 1. The van der Waals surface area contributed by atoms with Gasteiger partial charge in [0.25, 0.3) is 0 Å². The van der Waals surface area contributed by atoms with E-state index in [0.29, 0.717) is 5.82 Å². The summed E-state index contributed by atoms with van der Waals surface area (Å²) in [5.74, 6) is 0.401. The number of aromatic nitrogens is 1. The van der Waals surface area contributed by atoms with Gasteiger partial charge in [-0.2, -0.15) is 0 Å². The van der Waals surface area contributed by atoms with Crippen LogP contribution in [-0.2, 0) is 4.79 Å². The summed E-state index contributed by atoms with van der Waals surface area (Å²) >= 11 is 0. The molecule has 0 saturated carbocycles. The molecule has 0 aliphatic heterocycles. The fourth-order valence-corrected chi connectivity index (χ4v) is 1.59. The van der Waals surface area contributed by atoms with Crippen molar-refractivity contribution in [1.82, 2.24) is 4.98 Å². The van der Waals surface area contributed by atoms with Crippen molar-refractivity contribution in [2.75, 3.05) is 12.4 Å². The Balaban J connectivity index is 2.30. The van der Waals surface area contributed by atoms with Crippen molar-refractivity contribution in [3.05, 3.63) is 30.3 Å². The SMILES string of the molecule is COc1ccc2nc(N[C@@H](C)C(=O)O)ccc2c1. The van der Waals surface area contributed by atoms with Crippen molar-refractivity contribution >= 4 is 22.7 Å². The second-order valence-corrected chi connectivity index (χ2v) is 3.96. The van der Waals surface area contributed by atoms with Crippen LogP contribution >= 0.6 is 0 Å². The molecule has 1 atom stereocenters. The fraction of sp³-hybridized carbons (Fsp3) is 0.231. The highest BCUT2D eigenvalue weighted by atomic mass is 16.5. The maximum absolute atomic E-state index is 10.7. The van der Waals surface area contributed by atoms with Crippen molar-refractivity contribution in [3.8, 4) is 5.75 Å². The molecule has 5 nitrogen and oxygen atoms in total. The average molecular weight is 246 g/mol. The minimum Gasteiger partial charge on any atom is -0.497 e. The van der Waals surface area contributed by atoms with Gasteiger partial charge in [0.15, 0.2) is 0 Å². The fourth-order valence-electron chi connectivity index (χ4n) is 1.59. The standard InChI is InChI=1S/C13H14N2O3/c1-8(13(16)17)14-12-6-3-9-7-10(18-2)4-5-11(9)15-12/h3-8H,1-2H3,(H,14,15)(H,16,17)/t8-/m0/s1. The Kier molecular flexibility index (Phi) is 3.32. The van der Waals surface area contributed by atoms with E-state index in [0.717, 1.165) is 16.7 Å². The molecule has 1 aromatic heterocycles. The normalized spacial score (nSPS) is 12.1. The quantitative estimate of drug-likeness (QED) is 0.864. The first-order valence-electron chi connectivity index (χ1n) is 5.54. The molecule has 0 fully saturated rings. The molecule has 0 aliphatic carbocycles. The van der Waals surface area contributed by atoms with Gasteiger partial charge in [-0.25, -0.2) is 4.98 Å². The summed E-state index contributed by atoms with van der Waals surface area (Å²) < 4.78 is 5.13. The van der Waals surface area contributed by atoms with Crippen LogP contribution < -0.4 is 10.1 Å². The lowest BCUT2D eigenvalue weighted by Crippen LogP contribution is -2.25. The Morgan fingerprint density at radius 3 is 2.83 bits per heavy atom. The molecule has 94 valence electrons. The van der Waals surface area contributed by atoms with Crippen LogP contribution in [0.2, 0.25) is 0 Å². The zero-order chi connectivity index (χ0) is 13.1. The second kappa shape index (κ2) is 4.91. The molecule has 0 amide bonds. The van der Waals surface area contributed by atoms with E-state index in [1.807, 2.05) is 24.3 Å². The number of ether oxygens (including phenoxy) is 1. The number of hydrogen-bond donors (Lipinski definition) is 2. The highest BCUT2D eigenvalue weighted by Crippen LogP contribution is 2.21. The van der Waals surface area contributed by atoms with E-state index in [1.54, 1.807) is 20.1 Å². The van der Waals surface area contributed by atoms with Gasteiger partial charge in [0, 0.05) is 5.39 Å². The summed E-state index contributed by atoms with van der Waals surface area (Å²) in [6.07, 6.45) is 0. The molecule has 0 radical (unpaired) electrons. The molecular weight excluding hydrogens is 232 g/mol. The lowest BCUT2D eigenvalue weighted by molar-refractivity contribution is -0.137. The number of nitrogens with zero attached hydrogens (tertiary/aromatic N) is 1. The van der Waals surface area contributed by atoms with Crippen LogP contribution in [-0.4, -0.2) is 29.2 Å². The van der Waals surface area contributed by atoms with Gasteiger partial charge in [0.05, 0.1) is 12.6 Å². The summed E-state index contributed by atoms with van der Waals surface area (Å²) in [7, 11) is 1.61. The van der Waals surface area contributed by atoms with Crippen molar-refractivity contribution in [1.29, 1.82) is 0 Å². The number of anilines is 1. The third-order valence-corrected chi connectivity index (χ3v) is 2.63. The Labute approximate surface area is 104 Å². The smallest absolute Gasteiger partial charge is 0.325 e. The van der Waals surface area contributed by atoms with Crippen LogP contribution in [0.5, 0.6) is 5.75 Å². The molecule has 2 aromatic rings.